The number of rotatable bonds is 6. The van der Waals surface area contributed by atoms with Crippen LogP contribution in [-0.2, 0) is 17.9 Å². The maximum atomic E-state index is 12.1. The Balaban J connectivity index is 0.00000182. The van der Waals surface area contributed by atoms with Crippen molar-refractivity contribution in [2.45, 2.75) is 45.3 Å². The molecule has 0 bridgehead atoms. The second-order valence-corrected chi connectivity index (χ2v) is 8.63. The van der Waals surface area contributed by atoms with Crippen molar-refractivity contribution < 1.29 is 4.79 Å². The van der Waals surface area contributed by atoms with Gasteiger partial charge in [-0.05, 0) is 43.0 Å². The molecule has 7 heteroatoms. The van der Waals surface area contributed by atoms with Gasteiger partial charge >= 0.3 is 0 Å². The van der Waals surface area contributed by atoms with Gasteiger partial charge in [0.25, 0.3) is 0 Å². The molecule has 2 aliphatic heterocycles. The lowest BCUT2D eigenvalue weighted by Gasteiger charge is -2.30. The molecule has 1 aromatic rings. The van der Waals surface area contributed by atoms with Crippen LogP contribution in [0.25, 0.3) is 0 Å². The lowest BCUT2D eigenvalue weighted by atomic mass is 9.99. The van der Waals surface area contributed by atoms with Gasteiger partial charge in [0.2, 0.25) is 5.91 Å². The molecule has 2 aliphatic rings. The van der Waals surface area contributed by atoms with Gasteiger partial charge in [0.15, 0.2) is 0 Å². The summed E-state index contributed by atoms with van der Waals surface area (Å²) in [6.07, 6.45) is 3.22. The van der Waals surface area contributed by atoms with Crippen molar-refractivity contribution >= 4 is 42.5 Å². The lowest BCUT2D eigenvalue weighted by molar-refractivity contribution is -0.121. The Hall–Kier alpha value is -0.460. The maximum Gasteiger partial charge on any atom is 0.221 e. The molecule has 0 saturated carbocycles. The van der Waals surface area contributed by atoms with E-state index in [0.717, 1.165) is 30.5 Å². The van der Waals surface area contributed by atoms with E-state index in [9.17, 15) is 4.79 Å². The van der Waals surface area contributed by atoms with Crippen LogP contribution < -0.4 is 10.6 Å². The van der Waals surface area contributed by atoms with E-state index in [4.69, 9.17) is 0 Å². The Morgan fingerprint density at radius 3 is 2.48 bits per heavy atom. The van der Waals surface area contributed by atoms with Crippen molar-refractivity contribution in [3.05, 3.63) is 35.4 Å². The Bertz CT molecular complexity index is 545. The Kier molecular flexibility index (Phi) is 11.7. The SMILES string of the molecule is CC1CCN(Cc2ccc(CNC(=O)CC3CSCCN3)cc2)CC1.Cl.Cl. The highest BCUT2D eigenvalue weighted by molar-refractivity contribution is 7.99. The minimum atomic E-state index is 0. The molecule has 3 rings (SSSR count). The number of likely N-dealkylation sites (tertiary alicyclic amines) is 1. The normalized spacial score (nSPS) is 21.0. The van der Waals surface area contributed by atoms with Crippen LogP contribution in [0, 0.1) is 5.92 Å². The van der Waals surface area contributed by atoms with Crippen LogP contribution in [0.15, 0.2) is 24.3 Å². The second-order valence-electron chi connectivity index (χ2n) is 7.48. The number of thioether (sulfide) groups is 1. The fraction of sp³-hybridized carbons (Fsp3) is 0.650. The van der Waals surface area contributed by atoms with Crippen molar-refractivity contribution in [1.82, 2.24) is 15.5 Å². The zero-order valence-electron chi connectivity index (χ0n) is 16.1. The Labute approximate surface area is 180 Å². The summed E-state index contributed by atoms with van der Waals surface area (Å²) in [7, 11) is 0. The summed E-state index contributed by atoms with van der Waals surface area (Å²) in [5.41, 5.74) is 2.54. The van der Waals surface area contributed by atoms with E-state index in [1.54, 1.807) is 0 Å². The first kappa shape index (κ1) is 24.6. The van der Waals surface area contributed by atoms with Crippen molar-refractivity contribution in [2.24, 2.45) is 5.92 Å². The first-order valence-electron chi connectivity index (χ1n) is 9.57. The number of hydrogen-bond acceptors (Lipinski definition) is 4. The third kappa shape index (κ3) is 8.61. The van der Waals surface area contributed by atoms with E-state index >= 15 is 0 Å². The first-order chi connectivity index (χ1) is 12.2. The largest absolute Gasteiger partial charge is 0.352 e. The number of nitrogens with one attached hydrogen (secondary N) is 2. The summed E-state index contributed by atoms with van der Waals surface area (Å²) in [6.45, 7) is 7.47. The van der Waals surface area contributed by atoms with Crippen molar-refractivity contribution in [2.75, 3.05) is 31.1 Å². The molecular formula is C20H33Cl2N3OS. The number of piperidine rings is 1. The van der Waals surface area contributed by atoms with Gasteiger partial charge in [-0.2, -0.15) is 11.8 Å². The smallest absolute Gasteiger partial charge is 0.221 e. The van der Waals surface area contributed by atoms with Gasteiger partial charge < -0.3 is 10.6 Å². The zero-order chi connectivity index (χ0) is 17.5. The van der Waals surface area contributed by atoms with Crippen molar-refractivity contribution in [3.8, 4) is 0 Å². The number of carbonyl (C=O) groups is 1. The van der Waals surface area contributed by atoms with Gasteiger partial charge in [-0.3, -0.25) is 9.69 Å². The third-order valence-electron chi connectivity index (χ3n) is 5.23. The summed E-state index contributed by atoms with van der Waals surface area (Å²) in [4.78, 5) is 14.6. The molecule has 0 aromatic heterocycles. The van der Waals surface area contributed by atoms with Crippen LogP contribution >= 0.6 is 36.6 Å². The minimum Gasteiger partial charge on any atom is -0.352 e. The molecule has 4 nitrogen and oxygen atoms in total. The highest BCUT2D eigenvalue weighted by Crippen LogP contribution is 2.18. The quantitative estimate of drug-likeness (QED) is 0.720. The molecule has 1 aromatic carbocycles. The molecule has 0 radical (unpaired) electrons. The predicted octanol–water partition coefficient (Wildman–Crippen LogP) is 3.47. The van der Waals surface area contributed by atoms with E-state index in [0.29, 0.717) is 19.0 Å². The molecule has 1 amide bonds. The molecule has 2 N–H and O–H groups in total. The van der Waals surface area contributed by atoms with Gasteiger partial charge in [-0.1, -0.05) is 31.2 Å². The summed E-state index contributed by atoms with van der Waals surface area (Å²) >= 11 is 1.93. The fourth-order valence-corrected chi connectivity index (χ4v) is 4.44. The second kappa shape index (κ2) is 12.9. The molecule has 27 heavy (non-hydrogen) atoms. The Morgan fingerprint density at radius 2 is 1.85 bits per heavy atom. The third-order valence-corrected chi connectivity index (χ3v) is 6.36. The van der Waals surface area contributed by atoms with Gasteiger partial charge in [0.1, 0.15) is 0 Å². The van der Waals surface area contributed by atoms with Crippen LogP contribution in [0.4, 0.5) is 0 Å². The monoisotopic (exact) mass is 433 g/mol. The van der Waals surface area contributed by atoms with Crippen LogP contribution in [0.2, 0.25) is 0 Å². The van der Waals surface area contributed by atoms with Crippen LogP contribution in [-0.4, -0.2) is 48.0 Å². The number of carbonyl (C=O) groups excluding carboxylic acids is 1. The summed E-state index contributed by atoms with van der Waals surface area (Å²) in [6, 6.07) is 9.04. The standard InChI is InChI=1S/C20H31N3OS.2ClH/c1-16-6-9-23(10-7-16)14-18-4-2-17(3-5-18)13-22-20(24)12-19-15-25-11-8-21-19;;/h2-5,16,19,21H,6-15H2,1H3,(H,22,24);2*1H. The van der Waals surface area contributed by atoms with Crippen molar-refractivity contribution in [1.29, 1.82) is 0 Å². The number of hydrogen-bond donors (Lipinski definition) is 2. The van der Waals surface area contributed by atoms with E-state index in [-0.39, 0.29) is 30.7 Å². The summed E-state index contributed by atoms with van der Waals surface area (Å²) < 4.78 is 0. The summed E-state index contributed by atoms with van der Waals surface area (Å²) in [5.74, 6) is 3.22. The molecule has 2 fully saturated rings. The maximum absolute atomic E-state index is 12.1. The number of nitrogens with zero attached hydrogens (tertiary/aromatic N) is 1. The van der Waals surface area contributed by atoms with E-state index in [1.807, 2.05) is 11.8 Å². The van der Waals surface area contributed by atoms with Crippen LogP contribution in [0.5, 0.6) is 0 Å². The molecule has 2 heterocycles. The number of amides is 1. The van der Waals surface area contributed by atoms with E-state index in [1.165, 1.54) is 37.1 Å². The molecule has 154 valence electrons. The molecule has 2 saturated heterocycles. The molecule has 0 spiro atoms. The van der Waals surface area contributed by atoms with E-state index < -0.39 is 0 Å². The molecule has 1 unspecified atom stereocenters. The van der Waals surface area contributed by atoms with Crippen LogP contribution in [0.1, 0.15) is 37.3 Å². The van der Waals surface area contributed by atoms with Gasteiger partial charge in [0.05, 0.1) is 0 Å². The van der Waals surface area contributed by atoms with Gasteiger partial charge in [-0.25, -0.2) is 0 Å². The summed E-state index contributed by atoms with van der Waals surface area (Å²) in [5, 5.41) is 6.46. The first-order valence-corrected chi connectivity index (χ1v) is 10.7. The fourth-order valence-electron chi connectivity index (χ4n) is 3.49. The highest BCUT2D eigenvalue weighted by atomic mass is 35.5. The highest BCUT2D eigenvalue weighted by Gasteiger charge is 2.17. The number of halogens is 2. The zero-order valence-corrected chi connectivity index (χ0v) is 18.6. The van der Waals surface area contributed by atoms with E-state index in [2.05, 4.69) is 46.7 Å². The van der Waals surface area contributed by atoms with Gasteiger partial charge in [0, 0.05) is 43.6 Å². The Morgan fingerprint density at radius 1 is 1.19 bits per heavy atom. The molecule has 1 atom stereocenters. The van der Waals surface area contributed by atoms with Crippen LogP contribution in [0.3, 0.4) is 0 Å². The van der Waals surface area contributed by atoms with Gasteiger partial charge in [-0.15, -0.1) is 24.8 Å². The topological polar surface area (TPSA) is 44.4 Å². The number of benzene rings is 1. The lowest BCUT2D eigenvalue weighted by Crippen LogP contribution is -2.41. The molecular weight excluding hydrogens is 401 g/mol. The minimum absolute atomic E-state index is 0. The van der Waals surface area contributed by atoms with Crippen molar-refractivity contribution in [3.63, 3.8) is 0 Å². The average molecular weight is 434 g/mol. The predicted molar refractivity (Wildman–Crippen MR) is 120 cm³/mol. The average Bonchev–Trinajstić information content (AvgIpc) is 2.64. The molecule has 0 aliphatic carbocycles.